The van der Waals surface area contributed by atoms with Gasteiger partial charge in [0.15, 0.2) is 5.78 Å². The van der Waals surface area contributed by atoms with Crippen molar-refractivity contribution in [2.24, 2.45) is 11.8 Å². The second-order valence-corrected chi connectivity index (χ2v) is 12.5. The van der Waals surface area contributed by atoms with E-state index in [4.69, 9.17) is 9.40 Å². The van der Waals surface area contributed by atoms with Crippen LogP contribution in [-0.2, 0) is 37.7 Å². The zero-order valence-electron chi connectivity index (χ0n) is 28.6. The molecule has 7 rings (SSSR count). The maximum Gasteiger partial charge on any atom is 0.162 e. The molecule has 253 valence electrons. The number of fused-ring (bicyclic) bond motifs is 6. The molecule has 0 saturated heterocycles. The quantitative estimate of drug-likeness (QED) is 0.0892. The molecule has 1 N–H and O–H groups in total. The molecule has 5 nitrogen and oxygen atoms in total. The molecule has 1 aliphatic carbocycles. The van der Waals surface area contributed by atoms with Crippen molar-refractivity contribution in [3.8, 4) is 33.5 Å². The smallest absolute Gasteiger partial charge is 0.162 e. The van der Waals surface area contributed by atoms with Crippen LogP contribution >= 0.6 is 0 Å². The fourth-order valence-electron chi connectivity index (χ4n) is 6.87. The SMILES string of the molecule is CCC(CC)C(=O)/C=C(\O)C(CC)CC.[Ir].[c-]1c(-c2nccc3oc4c(c23)-c2ccncc2CC4)cc(-c2ccccc2)c2ccccc12. The summed E-state index contributed by atoms with van der Waals surface area (Å²) in [5, 5.41) is 13.1. The van der Waals surface area contributed by atoms with Crippen molar-refractivity contribution in [3.63, 3.8) is 0 Å². The molecule has 1 radical (unpaired) electrons. The maximum atomic E-state index is 11.7. The van der Waals surface area contributed by atoms with Crippen molar-refractivity contribution in [1.82, 2.24) is 9.97 Å². The number of hydrogen-bond donors (Lipinski definition) is 1. The first-order chi connectivity index (χ1) is 23.5. The molecule has 0 bridgehead atoms. The van der Waals surface area contributed by atoms with Gasteiger partial charge in [0.2, 0.25) is 0 Å². The number of furan rings is 1. The number of aromatic nitrogens is 2. The molecule has 3 aromatic carbocycles. The van der Waals surface area contributed by atoms with Crippen molar-refractivity contribution in [2.45, 2.75) is 66.2 Å². The van der Waals surface area contributed by atoms with Crippen LogP contribution in [-0.4, -0.2) is 20.9 Å². The summed E-state index contributed by atoms with van der Waals surface area (Å²) in [6.45, 7) is 8.07. The van der Waals surface area contributed by atoms with E-state index >= 15 is 0 Å². The number of aryl methyl sites for hydroxylation is 2. The van der Waals surface area contributed by atoms with E-state index in [0.717, 1.165) is 77.5 Å². The minimum atomic E-state index is 0. The predicted octanol–water partition coefficient (Wildman–Crippen LogP) is 11.1. The Labute approximate surface area is 302 Å². The molecule has 0 aliphatic heterocycles. The molecule has 0 unspecified atom stereocenters. The van der Waals surface area contributed by atoms with E-state index in [1.165, 1.54) is 33.7 Å². The fourth-order valence-corrected chi connectivity index (χ4v) is 6.87. The molecule has 0 fully saturated rings. The first-order valence-corrected chi connectivity index (χ1v) is 17.3. The fraction of sp³-hybridized carbons (Fsp3) is 0.279. The molecular weight excluding hydrogens is 785 g/mol. The zero-order valence-corrected chi connectivity index (χ0v) is 31.0. The van der Waals surface area contributed by atoms with Gasteiger partial charge in [0.05, 0.1) is 5.76 Å². The molecule has 0 spiro atoms. The normalized spacial score (nSPS) is 12.3. The van der Waals surface area contributed by atoms with Crippen molar-refractivity contribution in [3.05, 3.63) is 121 Å². The summed E-state index contributed by atoms with van der Waals surface area (Å²) in [5.41, 5.74) is 8.73. The van der Waals surface area contributed by atoms with E-state index in [-0.39, 0.29) is 43.5 Å². The zero-order chi connectivity index (χ0) is 33.6. The van der Waals surface area contributed by atoms with Crippen LogP contribution in [0.2, 0.25) is 0 Å². The molecule has 0 amide bonds. The first kappa shape index (κ1) is 35.9. The minimum Gasteiger partial charge on any atom is -0.512 e. The Morgan fingerprint density at radius 2 is 1.59 bits per heavy atom. The number of aliphatic hydroxyl groups is 1. The second-order valence-electron chi connectivity index (χ2n) is 12.5. The Morgan fingerprint density at radius 3 is 2.33 bits per heavy atom. The molecule has 49 heavy (non-hydrogen) atoms. The topological polar surface area (TPSA) is 76.2 Å². The molecule has 3 aromatic heterocycles. The van der Waals surface area contributed by atoms with Crippen molar-refractivity contribution < 1.29 is 34.4 Å². The second kappa shape index (κ2) is 16.3. The summed E-state index contributed by atoms with van der Waals surface area (Å²) in [6, 6.07) is 28.9. The van der Waals surface area contributed by atoms with Gasteiger partial charge in [-0.3, -0.25) is 14.8 Å². The van der Waals surface area contributed by atoms with Crippen molar-refractivity contribution in [1.29, 1.82) is 0 Å². The third kappa shape index (κ3) is 7.46. The summed E-state index contributed by atoms with van der Waals surface area (Å²) in [6.07, 6.45) is 12.4. The molecule has 1 aliphatic rings. The van der Waals surface area contributed by atoms with Crippen LogP contribution in [0.4, 0.5) is 0 Å². The van der Waals surface area contributed by atoms with Crippen LogP contribution < -0.4 is 0 Å². The van der Waals surface area contributed by atoms with Crippen LogP contribution in [0.1, 0.15) is 64.7 Å². The van der Waals surface area contributed by atoms with Gasteiger partial charge in [0, 0.05) is 79.7 Å². The van der Waals surface area contributed by atoms with Crippen LogP contribution in [0.5, 0.6) is 0 Å². The summed E-state index contributed by atoms with van der Waals surface area (Å²) >= 11 is 0. The van der Waals surface area contributed by atoms with Gasteiger partial charge in [-0.15, -0.1) is 23.6 Å². The average Bonchev–Trinajstić information content (AvgIpc) is 3.52. The van der Waals surface area contributed by atoms with Crippen LogP contribution in [0, 0.1) is 17.9 Å². The van der Waals surface area contributed by atoms with Gasteiger partial charge < -0.3 is 9.52 Å². The van der Waals surface area contributed by atoms with Gasteiger partial charge >= 0.3 is 0 Å². The molecular formula is C43H43IrN2O3-. The van der Waals surface area contributed by atoms with Crippen LogP contribution in [0.15, 0.2) is 108 Å². The number of hydrogen-bond acceptors (Lipinski definition) is 5. The van der Waals surface area contributed by atoms with Crippen LogP contribution in [0.25, 0.3) is 55.3 Å². The molecule has 6 aromatic rings. The summed E-state index contributed by atoms with van der Waals surface area (Å²) < 4.78 is 6.34. The Balaban J connectivity index is 0.000000252. The third-order valence-corrected chi connectivity index (χ3v) is 9.67. The summed E-state index contributed by atoms with van der Waals surface area (Å²) in [4.78, 5) is 20.9. The molecule has 0 saturated carbocycles. The van der Waals surface area contributed by atoms with E-state index in [1.807, 2.05) is 58.4 Å². The predicted molar refractivity (Wildman–Crippen MR) is 196 cm³/mol. The van der Waals surface area contributed by atoms with Crippen molar-refractivity contribution in [2.75, 3.05) is 0 Å². The van der Waals surface area contributed by atoms with E-state index in [0.29, 0.717) is 0 Å². The Hall–Kier alpha value is -4.38. The average molecular weight is 828 g/mol. The number of benzene rings is 3. The van der Waals surface area contributed by atoms with Gasteiger partial charge in [0.1, 0.15) is 11.3 Å². The van der Waals surface area contributed by atoms with E-state index in [1.54, 1.807) is 0 Å². The van der Waals surface area contributed by atoms with E-state index < -0.39 is 0 Å². The maximum absolute atomic E-state index is 11.7. The summed E-state index contributed by atoms with van der Waals surface area (Å²) in [7, 11) is 0. The number of pyridine rings is 2. The number of carbonyl (C=O) groups excluding carboxylic acids is 1. The van der Waals surface area contributed by atoms with Gasteiger partial charge in [-0.1, -0.05) is 92.7 Å². The van der Waals surface area contributed by atoms with Crippen molar-refractivity contribution >= 4 is 27.5 Å². The van der Waals surface area contributed by atoms with E-state index in [2.05, 4.69) is 71.7 Å². The Bertz CT molecular complexity index is 2070. The molecule has 0 atom stereocenters. The minimum absolute atomic E-state index is 0. The standard InChI is InChI=1S/C30H19N2O.C13H24O2.Ir/c1-2-6-19(7-3-1)25-17-22(16-20-8-4-5-9-23(20)25)30-29-27(13-15-32-30)33-26-11-10-21-18-31-14-12-24(21)28(26)29;1-5-10(6-2)12(14)9-13(15)11(7-3)8-4;/h1-9,12-15,17-18H,10-11H2;9-11,14H,5-8H2,1-4H3;/q-1;;/b;12-9-;. The van der Waals surface area contributed by atoms with Crippen LogP contribution in [0.3, 0.4) is 0 Å². The van der Waals surface area contributed by atoms with Gasteiger partial charge in [-0.2, -0.15) is 0 Å². The number of aliphatic hydroxyl groups excluding tert-OH is 1. The Morgan fingerprint density at radius 1 is 0.878 bits per heavy atom. The molecule has 3 heterocycles. The monoisotopic (exact) mass is 828 g/mol. The molecule has 6 heteroatoms. The largest absolute Gasteiger partial charge is 0.512 e. The Kier molecular flexibility index (Phi) is 12.0. The number of ketones is 1. The number of nitrogens with zero attached hydrogens (tertiary/aromatic N) is 2. The van der Waals surface area contributed by atoms with E-state index in [9.17, 15) is 9.90 Å². The number of rotatable bonds is 9. The number of allylic oxidation sites excluding steroid dienone is 2. The third-order valence-electron chi connectivity index (χ3n) is 9.67. The first-order valence-electron chi connectivity index (χ1n) is 17.3. The van der Waals surface area contributed by atoms with Gasteiger partial charge in [0.25, 0.3) is 0 Å². The summed E-state index contributed by atoms with van der Waals surface area (Å²) in [5.74, 6) is 1.58. The van der Waals surface area contributed by atoms with Gasteiger partial charge in [-0.05, 0) is 60.9 Å². The number of carbonyl (C=O) groups is 1. The van der Waals surface area contributed by atoms with Gasteiger partial charge in [-0.25, -0.2) is 0 Å².